The van der Waals surface area contributed by atoms with Crippen molar-refractivity contribution in [2.75, 3.05) is 20.1 Å². The summed E-state index contributed by atoms with van der Waals surface area (Å²) in [6.07, 6.45) is 5.31. The molecule has 1 N–H and O–H groups in total. The molecule has 15 heavy (non-hydrogen) atoms. The van der Waals surface area contributed by atoms with Crippen LogP contribution in [0.1, 0.15) is 24.9 Å². The third-order valence-electron chi connectivity index (χ3n) is 3.43. The van der Waals surface area contributed by atoms with Gasteiger partial charge in [-0.05, 0) is 26.9 Å². The summed E-state index contributed by atoms with van der Waals surface area (Å²) in [6, 6.07) is 1.11. The normalized spacial score (nSPS) is 23.6. The second-order valence-corrected chi connectivity index (χ2v) is 4.44. The predicted molar refractivity (Wildman–Crippen MR) is 60.7 cm³/mol. The lowest BCUT2D eigenvalue weighted by atomic mass is 10.1. The topological polar surface area (TPSA) is 33.1 Å². The Kier molecular flexibility index (Phi) is 3.07. The lowest BCUT2D eigenvalue weighted by Crippen LogP contribution is -2.35. The van der Waals surface area contributed by atoms with E-state index in [0.29, 0.717) is 12.1 Å². The maximum Gasteiger partial charge on any atom is 0.0537 e. The molecule has 0 amide bonds. The van der Waals surface area contributed by atoms with Crippen LogP contribution in [0.5, 0.6) is 0 Å². The van der Waals surface area contributed by atoms with Gasteiger partial charge in [0, 0.05) is 37.4 Å². The molecule has 2 unspecified atom stereocenters. The number of aromatic nitrogens is 2. The number of rotatable bonds is 3. The second-order valence-electron chi connectivity index (χ2n) is 4.44. The average Bonchev–Trinajstić information content (AvgIpc) is 2.85. The molecule has 1 aliphatic heterocycles. The van der Waals surface area contributed by atoms with Crippen molar-refractivity contribution in [3.05, 3.63) is 18.0 Å². The summed E-state index contributed by atoms with van der Waals surface area (Å²) in [5.74, 6) is 0. The molecule has 4 heteroatoms. The van der Waals surface area contributed by atoms with Crippen molar-refractivity contribution in [2.45, 2.75) is 25.4 Å². The Morgan fingerprint density at radius 1 is 1.67 bits per heavy atom. The van der Waals surface area contributed by atoms with E-state index in [1.165, 1.54) is 12.0 Å². The number of hydrogen-bond acceptors (Lipinski definition) is 3. The third-order valence-corrected chi connectivity index (χ3v) is 3.43. The third kappa shape index (κ3) is 2.21. The smallest absolute Gasteiger partial charge is 0.0537 e. The van der Waals surface area contributed by atoms with Gasteiger partial charge in [0.1, 0.15) is 0 Å². The molecule has 0 bridgehead atoms. The van der Waals surface area contributed by atoms with Gasteiger partial charge in [0.15, 0.2) is 0 Å². The fraction of sp³-hybridized carbons (Fsp3) is 0.727. The van der Waals surface area contributed by atoms with Gasteiger partial charge in [-0.1, -0.05) is 0 Å². The van der Waals surface area contributed by atoms with Crippen molar-refractivity contribution in [3.8, 4) is 0 Å². The highest BCUT2D eigenvalue weighted by molar-refractivity contribution is 5.09. The minimum absolute atomic E-state index is 0.448. The van der Waals surface area contributed by atoms with Gasteiger partial charge in [0.25, 0.3) is 0 Å². The Morgan fingerprint density at radius 3 is 3.00 bits per heavy atom. The van der Waals surface area contributed by atoms with Crippen molar-refractivity contribution in [1.82, 2.24) is 20.0 Å². The molecule has 1 aromatic rings. The van der Waals surface area contributed by atoms with Gasteiger partial charge in [0.2, 0.25) is 0 Å². The first-order valence-electron chi connectivity index (χ1n) is 5.59. The van der Waals surface area contributed by atoms with Gasteiger partial charge in [-0.25, -0.2) is 0 Å². The Bertz CT molecular complexity index is 314. The summed E-state index contributed by atoms with van der Waals surface area (Å²) in [6.45, 7) is 4.51. The minimum atomic E-state index is 0.448. The second kappa shape index (κ2) is 4.33. The van der Waals surface area contributed by atoms with Crippen LogP contribution >= 0.6 is 0 Å². The highest BCUT2D eigenvalue weighted by Crippen LogP contribution is 2.22. The number of aryl methyl sites for hydroxylation is 1. The van der Waals surface area contributed by atoms with Crippen LogP contribution in [0.25, 0.3) is 0 Å². The summed E-state index contributed by atoms with van der Waals surface area (Å²) in [7, 11) is 4.17. The molecule has 4 nitrogen and oxygen atoms in total. The highest BCUT2D eigenvalue weighted by Gasteiger charge is 2.24. The number of hydrogen-bond donors (Lipinski definition) is 1. The first-order chi connectivity index (χ1) is 7.18. The zero-order chi connectivity index (χ0) is 10.8. The van der Waals surface area contributed by atoms with Gasteiger partial charge in [-0.2, -0.15) is 5.10 Å². The minimum Gasteiger partial charge on any atom is -0.315 e. The zero-order valence-electron chi connectivity index (χ0n) is 9.77. The molecular formula is C11H20N4. The van der Waals surface area contributed by atoms with Gasteiger partial charge in [-0.3, -0.25) is 9.58 Å². The Morgan fingerprint density at radius 2 is 2.47 bits per heavy atom. The molecule has 0 aliphatic carbocycles. The van der Waals surface area contributed by atoms with Crippen molar-refractivity contribution in [2.24, 2.45) is 7.05 Å². The molecule has 2 heterocycles. The van der Waals surface area contributed by atoms with E-state index in [-0.39, 0.29) is 0 Å². The Balaban J connectivity index is 2.03. The van der Waals surface area contributed by atoms with Gasteiger partial charge < -0.3 is 5.32 Å². The van der Waals surface area contributed by atoms with Crippen molar-refractivity contribution in [1.29, 1.82) is 0 Å². The van der Waals surface area contributed by atoms with Crippen LogP contribution in [0.2, 0.25) is 0 Å². The summed E-state index contributed by atoms with van der Waals surface area (Å²) in [5, 5.41) is 7.62. The fourth-order valence-electron chi connectivity index (χ4n) is 2.19. The zero-order valence-corrected chi connectivity index (χ0v) is 9.77. The van der Waals surface area contributed by atoms with Gasteiger partial charge in [0.05, 0.1) is 6.20 Å². The lowest BCUT2D eigenvalue weighted by Gasteiger charge is -2.29. The van der Waals surface area contributed by atoms with Gasteiger partial charge in [-0.15, -0.1) is 0 Å². The van der Waals surface area contributed by atoms with E-state index in [0.717, 1.165) is 13.1 Å². The standard InChI is InChI=1S/C11H20N4/c1-9(10-6-13-14(2)8-10)15(3)11-4-5-12-7-11/h6,8-9,11-12H,4-5,7H2,1-3H3. The Labute approximate surface area is 91.3 Å². The lowest BCUT2D eigenvalue weighted by molar-refractivity contribution is 0.197. The van der Waals surface area contributed by atoms with Crippen LogP contribution in [-0.2, 0) is 7.05 Å². The molecule has 1 aliphatic rings. The highest BCUT2D eigenvalue weighted by atomic mass is 15.3. The van der Waals surface area contributed by atoms with Crippen LogP contribution in [0.15, 0.2) is 12.4 Å². The molecule has 2 rings (SSSR count). The van der Waals surface area contributed by atoms with Crippen molar-refractivity contribution < 1.29 is 0 Å². The molecule has 1 fully saturated rings. The monoisotopic (exact) mass is 208 g/mol. The van der Waals surface area contributed by atoms with E-state index in [2.05, 4.69) is 35.5 Å². The van der Waals surface area contributed by atoms with Crippen LogP contribution in [0.4, 0.5) is 0 Å². The molecule has 0 radical (unpaired) electrons. The average molecular weight is 208 g/mol. The molecule has 0 aromatic carbocycles. The SMILES string of the molecule is CC(c1cnn(C)c1)N(C)C1CCNC1. The number of nitrogens with zero attached hydrogens (tertiary/aromatic N) is 3. The van der Waals surface area contributed by atoms with E-state index < -0.39 is 0 Å². The summed E-state index contributed by atoms with van der Waals surface area (Å²) in [4.78, 5) is 2.44. The van der Waals surface area contributed by atoms with E-state index in [1.807, 2.05) is 17.9 Å². The van der Waals surface area contributed by atoms with E-state index in [1.54, 1.807) is 0 Å². The molecule has 0 saturated carbocycles. The van der Waals surface area contributed by atoms with Crippen molar-refractivity contribution in [3.63, 3.8) is 0 Å². The van der Waals surface area contributed by atoms with Gasteiger partial charge >= 0.3 is 0 Å². The van der Waals surface area contributed by atoms with Crippen LogP contribution < -0.4 is 5.32 Å². The molecule has 1 saturated heterocycles. The van der Waals surface area contributed by atoms with Crippen LogP contribution in [0.3, 0.4) is 0 Å². The molecule has 84 valence electrons. The van der Waals surface area contributed by atoms with Crippen LogP contribution in [0, 0.1) is 0 Å². The predicted octanol–water partition coefficient (Wildman–Crippen LogP) is 0.775. The largest absolute Gasteiger partial charge is 0.315 e. The molecule has 0 spiro atoms. The quantitative estimate of drug-likeness (QED) is 0.796. The molecular weight excluding hydrogens is 188 g/mol. The van der Waals surface area contributed by atoms with Crippen LogP contribution in [-0.4, -0.2) is 40.9 Å². The maximum atomic E-state index is 4.22. The molecule has 1 aromatic heterocycles. The first kappa shape index (κ1) is 10.6. The molecule has 2 atom stereocenters. The fourth-order valence-corrected chi connectivity index (χ4v) is 2.19. The number of likely N-dealkylation sites (N-methyl/N-ethyl adjacent to an activating group) is 1. The Hall–Kier alpha value is -0.870. The summed E-state index contributed by atoms with van der Waals surface area (Å²) >= 11 is 0. The van der Waals surface area contributed by atoms with E-state index in [4.69, 9.17) is 0 Å². The van der Waals surface area contributed by atoms with E-state index in [9.17, 15) is 0 Å². The first-order valence-corrected chi connectivity index (χ1v) is 5.59. The summed E-state index contributed by atoms with van der Waals surface area (Å²) < 4.78 is 1.87. The maximum absolute atomic E-state index is 4.22. The van der Waals surface area contributed by atoms with E-state index >= 15 is 0 Å². The number of nitrogens with one attached hydrogen (secondary N) is 1. The summed E-state index contributed by atoms with van der Waals surface area (Å²) in [5.41, 5.74) is 1.30. The van der Waals surface area contributed by atoms with Crippen molar-refractivity contribution >= 4 is 0 Å².